The molecule has 0 radical (unpaired) electrons. The zero-order valence-electron chi connectivity index (χ0n) is 10.1. The van der Waals surface area contributed by atoms with Crippen LogP contribution in [0, 0.1) is 0 Å². The number of nitrogens with two attached hydrogens (primary N) is 1. The number of halogens is 1. The van der Waals surface area contributed by atoms with Gasteiger partial charge in [-0.15, -0.1) is 0 Å². The lowest BCUT2D eigenvalue weighted by Gasteiger charge is -2.06. The van der Waals surface area contributed by atoms with Gasteiger partial charge in [-0.2, -0.15) is 0 Å². The van der Waals surface area contributed by atoms with Gasteiger partial charge in [0.25, 0.3) is 11.8 Å². The molecule has 8 heteroatoms. The zero-order valence-corrected chi connectivity index (χ0v) is 10.9. The number of carbonyl (C=O) groups excluding carboxylic acids is 3. The number of hydrogen-bond donors (Lipinski definition) is 3. The van der Waals surface area contributed by atoms with Crippen LogP contribution in [0.1, 0.15) is 5.56 Å². The largest absolute Gasteiger partial charge is 0.482 e. The highest BCUT2D eigenvalue weighted by molar-refractivity contribution is 6.32. The Morgan fingerprint density at radius 1 is 1.35 bits per heavy atom. The smallest absolute Gasteiger partial charge is 0.326 e. The van der Waals surface area contributed by atoms with Crippen molar-refractivity contribution in [1.82, 2.24) is 10.6 Å². The van der Waals surface area contributed by atoms with Crippen molar-refractivity contribution >= 4 is 35.5 Å². The summed E-state index contributed by atoms with van der Waals surface area (Å²) in [6.07, 6.45) is 1.46. The molecule has 7 nitrogen and oxygen atoms in total. The molecule has 0 saturated carbocycles. The molecule has 0 unspecified atom stereocenters. The van der Waals surface area contributed by atoms with Crippen molar-refractivity contribution in [3.05, 3.63) is 34.5 Å². The second-order valence-electron chi connectivity index (χ2n) is 3.91. The van der Waals surface area contributed by atoms with Crippen LogP contribution in [0.5, 0.6) is 5.75 Å². The van der Waals surface area contributed by atoms with Gasteiger partial charge in [0.05, 0.1) is 5.02 Å². The Bertz CT molecular complexity index is 627. The number of urea groups is 1. The van der Waals surface area contributed by atoms with Gasteiger partial charge in [0.2, 0.25) is 0 Å². The van der Waals surface area contributed by atoms with Crippen LogP contribution in [-0.2, 0) is 9.59 Å². The molecule has 1 fully saturated rings. The summed E-state index contributed by atoms with van der Waals surface area (Å²) in [5.41, 5.74) is 5.67. The number of ether oxygens (including phenoxy) is 1. The fraction of sp³-hybridized carbons (Fsp3) is 0.0833. The summed E-state index contributed by atoms with van der Waals surface area (Å²) in [6, 6.07) is 4.11. The number of primary amides is 1. The lowest BCUT2D eigenvalue weighted by atomic mass is 10.2. The standard InChI is InChI=1S/C12H10ClN3O4/c13-7-3-6(1-2-9(7)20-5-10(14)17)4-8-11(18)16-12(19)15-8/h1-4H,5H2,(H2,14,17)(H2,15,16,18,19). The molecule has 0 aliphatic carbocycles. The number of imide groups is 1. The molecule has 1 aromatic carbocycles. The van der Waals surface area contributed by atoms with Crippen LogP contribution < -0.4 is 21.1 Å². The van der Waals surface area contributed by atoms with E-state index < -0.39 is 17.8 Å². The van der Waals surface area contributed by atoms with E-state index in [-0.39, 0.29) is 17.3 Å². The first-order chi connectivity index (χ1) is 9.45. The molecule has 0 aromatic heterocycles. The first-order valence-electron chi connectivity index (χ1n) is 5.50. The van der Waals surface area contributed by atoms with Gasteiger partial charge >= 0.3 is 6.03 Å². The molecule has 1 aliphatic heterocycles. The molecular formula is C12H10ClN3O4. The molecular weight excluding hydrogens is 286 g/mol. The Morgan fingerprint density at radius 2 is 2.10 bits per heavy atom. The van der Waals surface area contributed by atoms with Crippen molar-refractivity contribution in [1.29, 1.82) is 0 Å². The fourth-order valence-corrected chi connectivity index (χ4v) is 1.77. The highest BCUT2D eigenvalue weighted by atomic mass is 35.5. The molecule has 1 aliphatic rings. The van der Waals surface area contributed by atoms with Crippen molar-refractivity contribution in [3.63, 3.8) is 0 Å². The van der Waals surface area contributed by atoms with Gasteiger partial charge in [0, 0.05) is 0 Å². The van der Waals surface area contributed by atoms with Gasteiger partial charge in [0.15, 0.2) is 6.61 Å². The van der Waals surface area contributed by atoms with E-state index in [1.807, 2.05) is 0 Å². The van der Waals surface area contributed by atoms with Gasteiger partial charge in [-0.05, 0) is 23.8 Å². The highest BCUT2D eigenvalue weighted by Crippen LogP contribution is 2.26. The van der Waals surface area contributed by atoms with Crippen molar-refractivity contribution in [2.24, 2.45) is 5.73 Å². The third-order valence-electron chi connectivity index (χ3n) is 2.36. The molecule has 104 valence electrons. The SMILES string of the molecule is NC(=O)COc1ccc(C=C2NC(=O)NC2=O)cc1Cl. The third kappa shape index (κ3) is 3.27. The summed E-state index contributed by atoms with van der Waals surface area (Å²) in [4.78, 5) is 32.9. The van der Waals surface area contributed by atoms with Crippen molar-refractivity contribution in [2.75, 3.05) is 6.61 Å². The molecule has 4 amide bonds. The quantitative estimate of drug-likeness (QED) is 0.551. The molecule has 4 N–H and O–H groups in total. The zero-order chi connectivity index (χ0) is 14.7. The first kappa shape index (κ1) is 13.9. The minimum absolute atomic E-state index is 0.122. The van der Waals surface area contributed by atoms with Crippen LogP contribution in [0.25, 0.3) is 6.08 Å². The summed E-state index contributed by atoms with van der Waals surface area (Å²) in [5.74, 6) is -0.828. The monoisotopic (exact) mass is 295 g/mol. The number of hydrogen-bond acceptors (Lipinski definition) is 4. The second kappa shape index (κ2) is 5.62. The minimum Gasteiger partial charge on any atom is -0.482 e. The average Bonchev–Trinajstić information content (AvgIpc) is 2.66. The van der Waals surface area contributed by atoms with Crippen LogP contribution in [0.3, 0.4) is 0 Å². The Hall–Kier alpha value is -2.54. The average molecular weight is 296 g/mol. The molecule has 2 rings (SSSR count). The number of nitrogens with one attached hydrogen (secondary N) is 2. The third-order valence-corrected chi connectivity index (χ3v) is 2.65. The van der Waals surface area contributed by atoms with Gasteiger partial charge < -0.3 is 15.8 Å². The topological polar surface area (TPSA) is 111 Å². The molecule has 1 heterocycles. The van der Waals surface area contributed by atoms with Crippen molar-refractivity contribution in [2.45, 2.75) is 0 Å². The van der Waals surface area contributed by atoms with Crippen molar-refractivity contribution < 1.29 is 19.1 Å². The Kier molecular flexibility index (Phi) is 3.90. The van der Waals surface area contributed by atoms with Gasteiger partial charge in [-0.1, -0.05) is 17.7 Å². The maximum Gasteiger partial charge on any atom is 0.326 e. The number of benzene rings is 1. The normalized spacial score (nSPS) is 15.9. The minimum atomic E-state index is -0.613. The van der Waals surface area contributed by atoms with Crippen LogP contribution >= 0.6 is 11.6 Å². The fourth-order valence-electron chi connectivity index (χ4n) is 1.52. The van der Waals surface area contributed by atoms with Crippen LogP contribution in [0.15, 0.2) is 23.9 Å². The molecule has 20 heavy (non-hydrogen) atoms. The van der Waals surface area contributed by atoms with Gasteiger partial charge in [-0.3, -0.25) is 14.9 Å². The van der Waals surface area contributed by atoms with E-state index in [1.165, 1.54) is 18.2 Å². The number of amides is 4. The number of carbonyl (C=O) groups is 3. The van der Waals surface area contributed by atoms with E-state index >= 15 is 0 Å². The molecule has 1 saturated heterocycles. The Labute approximate surface area is 118 Å². The highest BCUT2D eigenvalue weighted by Gasteiger charge is 2.22. The van der Waals surface area contributed by atoms with Crippen LogP contribution in [-0.4, -0.2) is 24.5 Å². The second-order valence-corrected chi connectivity index (χ2v) is 4.32. The summed E-state index contributed by atoms with van der Waals surface area (Å²) < 4.78 is 5.09. The summed E-state index contributed by atoms with van der Waals surface area (Å²) in [7, 11) is 0. The van der Waals surface area contributed by atoms with E-state index in [0.29, 0.717) is 11.3 Å². The summed E-state index contributed by atoms with van der Waals surface area (Å²) >= 11 is 5.97. The van der Waals surface area contributed by atoms with Crippen LogP contribution in [0.4, 0.5) is 4.79 Å². The predicted molar refractivity (Wildman–Crippen MR) is 70.8 cm³/mol. The maximum absolute atomic E-state index is 11.3. The Morgan fingerprint density at radius 3 is 2.65 bits per heavy atom. The first-order valence-corrected chi connectivity index (χ1v) is 5.88. The molecule has 0 spiro atoms. The van der Waals surface area contributed by atoms with E-state index in [1.54, 1.807) is 6.07 Å². The number of rotatable bonds is 4. The van der Waals surface area contributed by atoms with Gasteiger partial charge in [0.1, 0.15) is 11.4 Å². The predicted octanol–water partition coefficient (Wildman–Crippen LogP) is 0.384. The Balaban J connectivity index is 2.17. The lowest BCUT2D eigenvalue weighted by molar-refractivity contribution is -0.120. The van der Waals surface area contributed by atoms with E-state index in [2.05, 4.69) is 10.6 Å². The molecule has 0 atom stereocenters. The van der Waals surface area contributed by atoms with E-state index in [4.69, 9.17) is 22.1 Å². The van der Waals surface area contributed by atoms with E-state index in [0.717, 1.165) is 0 Å². The summed E-state index contributed by atoms with van der Waals surface area (Å²) in [6.45, 7) is -0.279. The van der Waals surface area contributed by atoms with Crippen LogP contribution in [0.2, 0.25) is 5.02 Å². The van der Waals surface area contributed by atoms with Crippen molar-refractivity contribution in [3.8, 4) is 5.75 Å². The summed E-state index contributed by atoms with van der Waals surface area (Å²) in [5, 5.41) is 4.69. The van der Waals surface area contributed by atoms with E-state index in [9.17, 15) is 14.4 Å². The maximum atomic E-state index is 11.3. The molecule has 0 bridgehead atoms. The molecule has 1 aromatic rings. The van der Waals surface area contributed by atoms with Gasteiger partial charge in [-0.25, -0.2) is 4.79 Å². The lowest BCUT2D eigenvalue weighted by Crippen LogP contribution is -2.22.